The van der Waals surface area contributed by atoms with Crippen LogP contribution in [0.4, 0.5) is 0 Å². The molecule has 1 heterocycles. The molecule has 1 aromatic rings. The van der Waals surface area contributed by atoms with Gasteiger partial charge in [-0.2, -0.15) is 0 Å². The van der Waals surface area contributed by atoms with Gasteiger partial charge in [-0.1, -0.05) is 12.8 Å². The van der Waals surface area contributed by atoms with Gasteiger partial charge in [0.15, 0.2) is 6.29 Å². The topological polar surface area (TPSA) is 30.0 Å². The van der Waals surface area contributed by atoms with E-state index in [4.69, 9.17) is 0 Å². The Kier molecular flexibility index (Phi) is 2.39. The fraction of sp³-hybridized carbons (Fsp3) is 0.455. The van der Waals surface area contributed by atoms with Crippen LogP contribution in [0, 0.1) is 0 Å². The molecule has 0 aromatic carbocycles. The van der Waals surface area contributed by atoms with Gasteiger partial charge in [-0.25, -0.2) is 0 Å². The molecule has 1 aliphatic rings. The first-order valence-corrected chi connectivity index (χ1v) is 4.82. The summed E-state index contributed by atoms with van der Waals surface area (Å²) in [6, 6.07) is 3.68. The molecule has 0 spiro atoms. The Morgan fingerprint density at radius 3 is 2.85 bits per heavy atom. The van der Waals surface area contributed by atoms with Crippen molar-refractivity contribution in [2.75, 3.05) is 0 Å². The molecule has 1 fully saturated rings. The molecular formula is C11H13NO. The normalized spacial score (nSPS) is 17.5. The summed E-state index contributed by atoms with van der Waals surface area (Å²) in [5.74, 6) is 0.529. The lowest BCUT2D eigenvalue weighted by Gasteiger charge is -2.09. The molecule has 0 amide bonds. The minimum absolute atomic E-state index is 0.529. The van der Waals surface area contributed by atoms with Crippen LogP contribution in [0.2, 0.25) is 0 Å². The van der Waals surface area contributed by atoms with Crippen molar-refractivity contribution in [2.24, 2.45) is 0 Å². The van der Waals surface area contributed by atoms with E-state index in [1.165, 1.54) is 25.7 Å². The average Bonchev–Trinajstić information content (AvgIpc) is 2.70. The second-order valence-electron chi connectivity index (χ2n) is 3.58. The summed E-state index contributed by atoms with van der Waals surface area (Å²) in [6.07, 6.45) is 7.64. The summed E-state index contributed by atoms with van der Waals surface area (Å²) in [5, 5.41) is 0. The monoisotopic (exact) mass is 175 g/mol. The number of carbonyl (C=O) groups is 1. The minimum atomic E-state index is 0.529. The number of rotatable bonds is 2. The number of aromatic nitrogens is 1. The van der Waals surface area contributed by atoms with E-state index < -0.39 is 0 Å². The van der Waals surface area contributed by atoms with Crippen molar-refractivity contribution in [1.29, 1.82) is 0 Å². The largest absolute Gasteiger partial charge is 0.298 e. The number of carbonyl (C=O) groups excluding carboxylic acids is 1. The molecule has 0 aliphatic heterocycles. The molecule has 68 valence electrons. The van der Waals surface area contributed by atoms with Crippen LogP contribution in [0.5, 0.6) is 0 Å². The maximum Gasteiger partial charge on any atom is 0.151 e. The molecular weight excluding hydrogens is 162 g/mol. The van der Waals surface area contributed by atoms with Crippen molar-refractivity contribution < 1.29 is 4.79 Å². The minimum Gasteiger partial charge on any atom is -0.298 e. The number of pyridine rings is 1. The zero-order valence-electron chi connectivity index (χ0n) is 7.57. The lowest BCUT2D eigenvalue weighted by molar-refractivity contribution is 0.112. The standard InChI is InChI=1S/C11H13NO/c13-8-10-6-3-7-12-11(10)9-4-1-2-5-9/h3,6-9H,1-2,4-5H2. The van der Waals surface area contributed by atoms with Crippen LogP contribution in [0.3, 0.4) is 0 Å². The van der Waals surface area contributed by atoms with Crippen LogP contribution in [0.15, 0.2) is 18.3 Å². The summed E-state index contributed by atoms with van der Waals surface area (Å²) in [7, 11) is 0. The molecule has 0 radical (unpaired) electrons. The molecule has 2 rings (SSSR count). The molecule has 2 heteroatoms. The highest BCUT2D eigenvalue weighted by Gasteiger charge is 2.20. The Morgan fingerprint density at radius 2 is 2.15 bits per heavy atom. The van der Waals surface area contributed by atoms with Gasteiger partial charge in [0.2, 0.25) is 0 Å². The third kappa shape index (κ3) is 1.62. The van der Waals surface area contributed by atoms with Gasteiger partial charge in [0.1, 0.15) is 0 Å². The number of hydrogen-bond acceptors (Lipinski definition) is 2. The summed E-state index contributed by atoms with van der Waals surface area (Å²) in [5.41, 5.74) is 1.78. The zero-order valence-corrected chi connectivity index (χ0v) is 7.57. The van der Waals surface area contributed by atoms with Crippen molar-refractivity contribution in [3.8, 4) is 0 Å². The van der Waals surface area contributed by atoms with Crippen molar-refractivity contribution in [1.82, 2.24) is 4.98 Å². The second-order valence-corrected chi connectivity index (χ2v) is 3.58. The van der Waals surface area contributed by atoms with E-state index in [2.05, 4.69) is 4.98 Å². The van der Waals surface area contributed by atoms with Gasteiger partial charge in [-0.15, -0.1) is 0 Å². The Balaban J connectivity index is 2.31. The van der Waals surface area contributed by atoms with Gasteiger partial charge in [-0.05, 0) is 25.0 Å². The first kappa shape index (κ1) is 8.42. The Morgan fingerprint density at radius 1 is 1.38 bits per heavy atom. The van der Waals surface area contributed by atoms with Crippen molar-refractivity contribution >= 4 is 6.29 Å². The average molecular weight is 175 g/mol. The summed E-state index contributed by atoms with van der Waals surface area (Å²) in [6.45, 7) is 0. The van der Waals surface area contributed by atoms with E-state index in [1.807, 2.05) is 12.1 Å². The fourth-order valence-corrected chi connectivity index (χ4v) is 2.07. The SMILES string of the molecule is O=Cc1cccnc1C1CCCC1. The van der Waals surface area contributed by atoms with Crippen LogP contribution in [0.1, 0.15) is 47.7 Å². The predicted molar refractivity (Wildman–Crippen MR) is 50.8 cm³/mol. The highest BCUT2D eigenvalue weighted by atomic mass is 16.1. The number of nitrogens with zero attached hydrogens (tertiary/aromatic N) is 1. The lowest BCUT2D eigenvalue weighted by Crippen LogP contribution is -2.00. The molecule has 0 saturated heterocycles. The molecule has 1 aliphatic carbocycles. The number of aldehydes is 1. The van der Waals surface area contributed by atoms with E-state index in [9.17, 15) is 4.79 Å². The van der Waals surface area contributed by atoms with E-state index in [0.717, 1.165) is 17.5 Å². The van der Waals surface area contributed by atoms with Crippen LogP contribution >= 0.6 is 0 Å². The molecule has 2 nitrogen and oxygen atoms in total. The smallest absolute Gasteiger partial charge is 0.151 e. The Labute approximate surface area is 78.0 Å². The van der Waals surface area contributed by atoms with Gasteiger partial charge < -0.3 is 0 Å². The van der Waals surface area contributed by atoms with Crippen LogP contribution in [-0.2, 0) is 0 Å². The molecule has 0 N–H and O–H groups in total. The third-order valence-electron chi connectivity index (χ3n) is 2.74. The van der Waals surface area contributed by atoms with Gasteiger partial charge in [0.05, 0.1) is 5.69 Å². The van der Waals surface area contributed by atoms with Gasteiger partial charge >= 0.3 is 0 Å². The number of hydrogen-bond donors (Lipinski definition) is 0. The summed E-state index contributed by atoms with van der Waals surface area (Å²) in [4.78, 5) is 15.0. The Hall–Kier alpha value is -1.18. The molecule has 0 unspecified atom stereocenters. The fourth-order valence-electron chi connectivity index (χ4n) is 2.07. The molecule has 13 heavy (non-hydrogen) atoms. The van der Waals surface area contributed by atoms with Crippen molar-refractivity contribution in [2.45, 2.75) is 31.6 Å². The van der Waals surface area contributed by atoms with Crippen molar-refractivity contribution in [3.63, 3.8) is 0 Å². The van der Waals surface area contributed by atoms with Crippen LogP contribution < -0.4 is 0 Å². The van der Waals surface area contributed by atoms with Crippen LogP contribution in [0.25, 0.3) is 0 Å². The summed E-state index contributed by atoms with van der Waals surface area (Å²) < 4.78 is 0. The third-order valence-corrected chi connectivity index (χ3v) is 2.74. The Bertz CT molecular complexity index is 303. The first-order valence-electron chi connectivity index (χ1n) is 4.82. The first-order chi connectivity index (χ1) is 6.42. The maximum absolute atomic E-state index is 10.7. The predicted octanol–water partition coefficient (Wildman–Crippen LogP) is 2.55. The van der Waals surface area contributed by atoms with Crippen LogP contribution in [-0.4, -0.2) is 11.3 Å². The van der Waals surface area contributed by atoms with E-state index >= 15 is 0 Å². The van der Waals surface area contributed by atoms with E-state index in [1.54, 1.807) is 6.20 Å². The lowest BCUT2D eigenvalue weighted by atomic mass is 9.99. The molecule has 1 saturated carbocycles. The zero-order chi connectivity index (χ0) is 9.10. The van der Waals surface area contributed by atoms with Crippen molar-refractivity contribution in [3.05, 3.63) is 29.6 Å². The highest BCUT2D eigenvalue weighted by molar-refractivity contribution is 5.76. The van der Waals surface area contributed by atoms with Gasteiger partial charge in [0, 0.05) is 17.7 Å². The molecule has 0 atom stereocenters. The van der Waals surface area contributed by atoms with E-state index in [-0.39, 0.29) is 0 Å². The van der Waals surface area contributed by atoms with Gasteiger partial charge in [0.25, 0.3) is 0 Å². The van der Waals surface area contributed by atoms with Gasteiger partial charge in [-0.3, -0.25) is 9.78 Å². The quantitative estimate of drug-likeness (QED) is 0.646. The maximum atomic E-state index is 10.7. The molecule has 1 aromatic heterocycles. The highest BCUT2D eigenvalue weighted by Crippen LogP contribution is 2.33. The summed E-state index contributed by atoms with van der Waals surface area (Å²) >= 11 is 0. The van der Waals surface area contributed by atoms with E-state index in [0.29, 0.717) is 5.92 Å². The second kappa shape index (κ2) is 3.69. The molecule has 0 bridgehead atoms.